The number of likely N-dealkylation sites (tertiary alicyclic amines) is 1. The molecule has 0 radical (unpaired) electrons. The van der Waals surface area contributed by atoms with E-state index in [1.807, 2.05) is 0 Å². The molecule has 8 nitrogen and oxygen atoms in total. The summed E-state index contributed by atoms with van der Waals surface area (Å²) >= 11 is 0. The van der Waals surface area contributed by atoms with Gasteiger partial charge in [-0.15, -0.1) is 0 Å². The van der Waals surface area contributed by atoms with Crippen molar-refractivity contribution in [2.24, 2.45) is 0 Å². The third-order valence-electron chi connectivity index (χ3n) is 5.26. The highest BCUT2D eigenvalue weighted by Crippen LogP contribution is 2.41. The molecule has 0 saturated carbocycles. The largest absolute Gasteiger partial charge is 0.507 e. The second-order valence-electron chi connectivity index (χ2n) is 7.15. The molecule has 0 spiro atoms. The molecular formula is C23H18N2O6. The SMILES string of the molecule is O=C1C(=O)N(Cc2ccco2)[C@@H](c2cccnc2)C1=C(O)c1ccc2c(c1)OCCO2. The molecule has 5 rings (SSSR count). The Morgan fingerprint density at radius 3 is 2.68 bits per heavy atom. The van der Waals surface area contributed by atoms with E-state index in [1.165, 1.54) is 11.2 Å². The van der Waals surface area contributed by atoms with Crippen LogP contribution in [0.25, 0.3) is 5.76 Å². The van der Waals surface area contributed by atoms with Crippen LogP contribution in [0.5, 0.6) is 11.5 Å². The van der Waals surface area contributed by atoms with Gasteiger partial charge in [-0.2, -0.15) is 0 Å². The summed E-state index contributed by atoms with van der Waals surface area (Å²) in [5.41, 5.74) is 0.947. The van der Waals surface area contributed by atoms with Gasteiger partial charge in [0.2, 0.25) is 0 Å². The van der Waals surface area contributed by atoms with Crippen molar-refractivity contribution in [3.05, 3.63) is 83.6 Å². The maximum atomic E-state index is 13.0. The molecule has 1 fully saturated rings. The minimum absolute atomic E-state index is 0.0127. The number of aromatic nitrogens is 1. The van der Waals surface area contributed by atoms with Crippen molar-refractivity contribution in [3.63, 3.8) is 0 Å². The van der Waals surface area contributed by atoms with Crippen molar-refractivity contribution >= 4 is 17.4 Å². The van der Waals surface area contributed by atoms with Crippen molar-refractivity contribution in [1.29, 1.82) is 0 Å². The summed E-state index contributed by atoms with van der Waals surface area (Å²) in [6.45, 7) is 0.909. The number of furan rings is 1. The lowest BCUT2D eigenvalue weighted by Crippen LogP contribution is -2.29. The average molecular weight is 418 g/mol. The Balaban J connectivity index is 1.63. The highest BCUT2D eigenvalue weighted by Gasteiger charge is 2.46. The van der Waals surface area contributed by atoms with Gasteiger partial charge in [0.05, 0.1) is 24.4 Å². The molecule has 1 aromatic carbocycles. The van der Waals surface area contributed by atoms with E-state index in [9.17, 15) is 14.7 Å². The van der Waals surface area contributed by atoms with Crippen LogP contribution in [-0.4, -0.2) is 39.9 Å². The highest BCUT2D eigenvalue weighted by atomic mass is 16.6. The van der Waals surface area contributed by atoms with Gasteiger partial charge < -0.3 is 23.9 Å². The topological polar surface area (TPSA) is 102 Å². The van der Waals surface area contributed by atoms with Gasteiger partial charge in [-0.25, -0.2) is 0 Å². The van der Waals surface area contributed by atoms with Gasteiger partial charge in [0.1, 0.15) is 24.7 Å². The number of aliphatic hydroxyl groups is 1. The number of nitrogens with zero attached hydrogens (tertiary/aromatic N) is 2. The number of ether oxygens (including phenoxy) is 2. The fourth-order valence-electron chi connectivity index (χ4n) is 3.84. The Bertz CT molecular complexity index is 1170. The summed E-state index contributed by atoms with van der Waals surface area (Å²) in [5.74, 6) is -0.221. The first-order valence-electron chi connectivity index (χ1n) is 9.74. The van der Waals surface area contributed by atoms with E-state index < -0.39 is 17.7 Å². The number of aliphatic hydroxyl groups excluding tert-OH is 1. The average Bonchev–Trinajstić information content (AvgIpc) is 3.41. The number of hydrogen-bond acceptors (Lipinski definition) is 7. The molecule has 1 amide bonds. The second kappa shape index (κ2) is 7.64. The van der Waals surface area contributed by atoms with E-state index in [2.05, 4.69) is 4.98 Å². The summed E-state index contributed by atoms with van der Waals surface area (Å²) in [5, 5.41) is 11.1. The Hall–Kier alpha value is -4.07. The quantitative estimate of drug-likeness (QED) is 0.395. The van der Waals surface area contributed by atoms with Gasteiger partial charge in [0.15, 0.2) is 11.5 Å². The first-order chi connectivity index (χ1) is 15.1. The zero-order valence-corrected chi connectivity index (χ0v) is 16.4. The van der Waals surface area contributed by atoms with Gasteiger partial charge in [0.25, 0.3) is 11.7 Å². The van der Waals surface area contributed by atoms with Gasteiger partial charge in [-0.3, -0.25) is 14.6 Å². The number of Topliss-reactive ketones (excluding diaryl/α,β-unsaturated/α-hetero) is 1. The number of amides is 1. The predicted octanol–water partition coefficient (Wildman–Crippen LogP) is 3.07. The summed E-state index contributed by atoms with van der Waals surface area (Å²) in [4.78, 5) is 31.4. The van der Waals surface area contributed by atoms with E-state index >= 15 is 0 Å². The van der Waals surface area contributed by atoms with Crippen LogP contribution in [0, 0.1) is 0 Å². The number of carbonyl (C=O) groups excluding carboxylic acids is 2. The van der Waals surface area contributed by atoms with E-state index in [0.29, 0.717) is 41.6 Å². The third-order valence-corrected chi connectivity index (χ3v) is 5.26. The number of carbonyl (C=O) groups is 2. The van der Waals surface area contributed by atoms with E-state index in [1.54, 1.807) is 54.9 Å². The molecular weight excluding hydrogens is 400 g/mol. The van der Waals surface area contributed by atoms with Crippen LogP contribution in [0.4, 0.5) is 0 Å². The number of ketones is 1. The first kappa shape index (κ1) is 18.9. The van der Waals surface area contributed by atoms with E-state index in [0.717, 1.165) is 0 Å². The lowest BCUT2D eigenvalue weighted by Gasteiger charge is -2.24. The predicted molar refractivity (Wildman–Crippen MR) is 108 cm³/mol. The van der Waals surface area contributed by atoms with Crippen molar-refractivity contribution in [2.75, 3.05) is 13.2 Å². The molecule has 8 heteroatoms. The number of hydrogen-bond donors (Lipinski definition) is 1. The highest BCUT2D eigenvalue weighted by molar-refractivity contribution is 6.46. The van der Waals surface area contributed by atoms with Crippen LogP contribution >= 0.6 is 0 Å². The standard InChI is InChI=1S/C23H18N2O6/c26-21(14-5-6-17-18(11-14)31-10-9-30-17)19-20(15-3-1-7-24-12-15)25(23(28)22(19)27)13-16-4-2-8-29-16/h1-8,11-12,20,26H,9-10,13H2/t20-/m0/s1. The maximum absolute atomic E-state index is 13.0. The van der Waals surface area contributed by atoms with Gasteiger partial charge in [-0.05, 0) is 42.0 Å². The number of fused-ring (bicyclic) bond motifs is 1. The molecule has 0 aliphatic carbocycles. The van der Waals surface area contributed by atoms with Crippen LogP contribution in [-0.2, 0) is 16.1 Å². The molecule has 2 aliphatic rings. The monoisotopic (exact) mass is 418 g/mol. The summed E-state index contributed by atoms with van der Waals surface area (Å²) in [7, 11) is 0. The molecule has 156 valence electrons. The number of pyridine rings is 1. The Morgan fingerprint density at radius 1 is 1.10 bits per heavy atom. The maximum Gasteiger partial charge on any atom is 0.296 e. The Labute approximate surface area is 177 Å². The minimum atomic E-state index is -0.813. The number of benzene rings is 1. The van der Waals surface area contributed by atoms with Crippen LogP contribution in [0.3, 0.4) is 0 Å². The van der Waals surface area contributed by atoms with Crippen molar-refractivity contribution in [1.82, 2.24) is 9.88 Å². The van der Waals surface area contributed by atoms with Crippen molar-refractivity contribution in [2.45, 2.75) is 12.6 Å². The van der Waals surface area contributed by atoms with E-state index in [4.69, 9.17) is 13.9 Å². The molecule has 3 aromatic rings. The van der Waals surface area contributed by atoms with Gasteiger partial charge in [-0.1, -0.05) is 6.07 Å². The summed E-state index contributed by atoms with van der Waals surface area (Å²) in [6.07, 6.45) is 4.67. The fraction of sp³-hybridized carbons (Fsp3) is 0.174. The minimum Gasteiger partial charge on any atom is -0.507 e. The molecule has 2 aromatic heterocycles. The van der Waals surface area contributed by atoms with Gasteiger partial charge >= 0.3 is 0 Å². The normalized spacial score (nSPS) is 19.6. The van der Waals surface area contributed by atoms with Gasteiger partial charge in [0, 0.05) is 18.0 Å². The molecule has 4 heterocycles. The lowest BCUT2D eigenvalue weighted by molar-refractivity contribution is -0.140. The molecule has 1 saturated heterocycles. The van der Waals surface area contributed by atoms with Crippen molar-refractivity contribution < 1.29 is 28.6 Å². The van der Waals surface area contributed by atoms with Crippen LogP contribution in [0.15, 0.2) is 71.1 Å². The molecule has 2 aliphatic heterocycles. The molecule has 0 bridgehead atoms. The summed E-state index contributed by atoms with van der Waals surface area (Å²) < 4.78 is 16.5. The molecule has 0 unspecified atom stereocenters. The zero-order chi connectivity index (χ0) is 21.4. The van der Waals surface area contributed by atoms with E-state index in [-0.39, 0.29) is 17.9 Å². The number of rotatable bonds is 4. The van der Waals surface area contributed by atoms with Crippen LogP contribution in [0.1, 0.15) is 22.9 Å². The zero-order valence-electron chi connectivity index (χ0n) is 16.4. The smallest absolute Gasteiger partial charge is 0.296 e. The Morgan fingerprint density at radius 2 is 1.94 bits per heavy atom. The van der Waals surface area contributed by atoms with Crippen LogP contribution in [0.2, 0.25) is 0 Å². The molecule has 1 N–H and O–H groups in total. The summed E-state index contributed by atoms with van der Waals surface area (Å²) in [6, 6.07) is 11.0. The lowest BCUT2D eigenvalue weighted by atomic mass is 9.96. The molecule has 1 atom stereocenters. The Kier molecular flexibility index (Phi) is 4.66. The van der Waals surface area contributed by atoms with Crippen molar-refractivity contribution in [3.8, 4) is 11.5 Å². The first-order valence-corrected chi connectivity index (χ1v) is 9.74. The fourth-order valence-corrected chi connectivity index (χ4v) is 3.84. The second-order valence-corrected chi connectivity index (χ2v) is 7.15. The molecule has 31 heavy (non-hydrogen) atoms. The third kappa shape index (κ3) is 3.31. The van der Waals surface area contributed by atoms with Crippen LogP contribution < -0.4 is 9.47 Å².